The number of nitrogens with two attached hydrogens (primary N) is 1. The molecule has 0 bridgehead atoms. The highest BCUT2D eigenvalue weighted by Crippen LogP contribution is 2.20. The van der Waals surface area contributed by atoms with Gasteiger partial charge in [-0.3, -0.25) is 0 Å². The first kappa shape index (κ1) is 12.9. The molecule has 3 N–H and O–H groups in total. The van der Waals surface area contributed by atoms with Gasteiger partial charge in [-0.05, 0) is 25.1 Å². The average molecular weight is 262 g/mol. The Morgan fingerprint density at radius 1 is 1.53 bits per heavy atom. The van der Waals surface area contributed by atoms with Crippen LogP contribution in [0.5, 0.6) is 0 Å². The first-order chi connectivity index (χ1) is 9.20. The van der Waals surface area contributed by atoms with Crippen molar-refractivity contribution < 1.29 is 14.1 Å². The van der Waals surface area contributed by atoms with Gasteiger partial charge in [-0.15, -0.1) is 0 Å². The molecule has 0 radical (unpaired) electrons. The van der Waals surface area contributed by atoms with E-state index in [1.807, 2.05) is 0 Å². The highest BCUT2D eigenvalue weighted by Gasteiger charge is 2.13. The predicted octanol–water partition coefficient (Wildman–Crippen LogP) is 1.44. The minimum absolute atomic E-state index is 0.303. The van der Waals surface area contributed by atoms with Crippen LogP contribution in [0.3, 0.4) is 0 Å². The molecule has 0 saturated carbocycles. The number of carbonyl (C=O) groups is 1. The van der Waals surface area contributed by atoms with Crippen molar-refractivity contribution in [3.8, 4) is 0 Å². The summed E-state index contributed by atoms with van der Waals surface area (Å²) >= 11 is 0. The number of hydrogen-bond acceptors (Lipinski definition) is 7. The van der Waals surface area contributed by atoms with E-state index in [1.165, 1.54) is 6.39 Å². The van der Waals surface area contributed by atoms with Crippen molar-refractivity contribution in [1.82, 2.24) is 10.1 Å². The Hall–Kier alpha value is -2.57. The fraction of sp³-hybridized carbons (Fsp3) is 0.250. The van der Waals surface area contributed by atoms with E-state index in [0.29, 0.717) is 35.9 Å². The molecule has 0 aliphatic heterocycles. The van der Waals surface area contributed by atoms with Gasteiger partial charge in [0.1, 0.15) is 0 Å². The Bertz CT molecular complexity index is 554. The summed E-state index contributed by atoms with van der Waals surface area (Å²) in [7, 11) is 0. The van der Waals surface area contributed by atoms with Crippen molar-refractivity contribution in [2.24, 2.45) is 0 Å². The molecule has 0 atom stereocenters. The Kier molecular flexibility index (Phi) is 3.97. The van der Waals surface area contributed by atoms with Crippen molar-refractivity contribution in [1.29, 1.82) is 0 Å². The summed E-state index contributed by atoms with van der Waals surface area (Å²) < 4.78 is 9.60. The van der Waals surface area contributed by atoms with E-state index >= 15 is 0 Å². The maximum atomic E-state index is 11.8. The van der Waals surface area contributed by atoms with Crippen LogP contribution >= 0.6 is 0 Å². The molecule has 0 aliphatic rings. The zero-order valence-electron chi connectivity index (χ0n) is 10.4. The number of nitrogens with one attached hydrogen (secondary N) is 1. The summed E-state index contributed by atoms with van der Waals surface area (Å²) in [4.78, 5) is 15.7. The number of nitrogens with zero attached hydrogens (tertiary/aromatic N) is 2. The second-order valence-corrected chi connectivity index (χ2v) is 3.73. The van der Waals surface area contributed by atoms with Crippen LogP contribution < -0.4 is 11.1 Å². The van der Waals surface area contributed by atoms with Crippen molar-refractivity contribution in [2.75, 3.05) is 17.7 Å². The van der Waals surface area contributed by atoms with Crippen LogP contribution in [0.15, 0.2) is 29.1 Å². The summed E-state index contributed by atoms with van der Waals surface area (Å²) in [5.74, 6) is 0.0667. The third kappa shape index (κ3) is 3.21. The predicted molar refractivity (Wildman–Crippen MR) is 68.4 cm³/mol. The van der Waals surface area contributed by atoms with Crippen LogP contribution in [-0.4, -0.2) is 22.7 Å². The first-order valence-corrected chi connectivity index (χ1v) is 5.76. The minimum atomic E-state index is -0.426. The van der Waals surface area contributed by atoms with Crippen LogP contribution in [0.25, 0.3) is 0 Å². The highest BCUT2D eigenvalue weighted by atomic mass is 16.5. The van der Waals surface area contributed by atoms with Crippen LogP contribution in [-0.2, 0) is 11.3 Å². The molecule has 1 aromatic heterocycles. The topological polar surface area (TPSA) is 103 Å². The number of rotatable bonds is 5. The molecule has 0 aliphatic carbocycles. The molecule has 100 valence electrons. The third-order valence-corrected chi connectivity index (χ3v) is 2.38. The second kappa shape index (κ2) is 5.85. The Morgan fingerprint density at radius 3 is 3.05 bits per heavy atom. The van der Waals surface area contributed by atoms with Gasteiger partial charge in [0.25, 0.3) is 0 Å². The number of hydrogen-bond donors (Lipinski definition) is 2. The van der Waals surface area contributed by atoms with Crippen LogP contribution in [0.1, 0.15) is 23.1 Å². The zero-order valence-corrected chi connectivity index (χ0v) is 10.4. The Labute approximate surface area is 109 Å². The molecule has 0 amide bonds. The number of nitrogen functional groups attached to an aromatic ring is 1. The summed E-state index contributed by atoms with van der Waals surface area (Å²) in [6, 6.07) is 4.97. The Balaban J connectivity index is 2.16. The minimum Gasteiger partial charge on any atom is -0.462 e. The average Bonchev–Trinajstić information content (AvgIpc) is 2.90. The quantitative estimate of drug-likeness (QED) is 0.620. The smallest absolute Gasteiger partial charge is 0.340 e. The van der Waals surface area contributed by atoms with Gasteiger partial charge in [0.2, 0.25) is 6.39 Å². The van der Waals surface area contributed by atoms with E-state index in [4.69, 9.17) is 10.5 Å². The number of carbonyl (C=O) groups excluding carboxylic acids is 1. The molecule has 19 heavy (non-hydrogen) atoms. The van der Waals surface area contributed by atoms with Crippen molar-refractivity contribution in [3.05, 3.63) is 36.0 Å². The molecule has 0 spiro atoms. The zero-order chi connectivity index (χ0) is 13.7. The fourth-order valence-electron chi connectivity index (χ4n) is 1.54. The second-order valence-electron chi connectivity index (χ2n) is 3.73. The van der Waals surface area contributed by atoms with E-state index in [-0.39, 0.29) is 0 Å². The molecule has 0 fully saturated rings. The van der Waals surface area contributed by atoms with E-state index < -0.39 is 5.97 Å². The van der Waals surface area contributed by atoms with E-state index in [0.717, 1.165) is 0 Å². The van der Waals surface area contributed by atoms with Gasteiger partial charge in [0.05, 0.1) is 18.7 Å². The summed E-state index contributed by atoms with van der Waals surface area (Å²) in [6.07, 6.45) is 1.24. The molecule has 7 heteroatoms. The lowest BCUT2D eigenvalue weighted by Crippen LogP contribution is -2.11. The molecular weight excluding hydrogens is 248 g/mol. The van der Waals surface area contributed by atoms with Gasteiger partial charge >= 0.3 is 5.97 Å². The highest BCUT2D eigenvalue weighted by molar-refractivity contribution is 5.96. The molecule has 7 nitrogen and oxygen atoms in total. The first-order valence-electron chi connectivity index (χ1n) is 5.76. The fourth-order valence-corrected chi connectivity index (χ4v) is 1.54. The standard InChI is InChI=1S/C12H14N4O3/c1-2-18-12(17)9-5-8(13)3-4-10(9)14-6-11-15-7-19-16-11/h3-5,7,14H,2,6,13H2,1H3. The van der Waals surface area contributed by atoms with Crippen LogP contribution in [0.4, 0.5) is 11.4 Å². The van der Waals surface area contributed by atoms with Crippen molar-refractivity contribution in [2.45, 2.75) is 13.5 Å². The van der Waals surface area contributed by atoms with E-state index in [9.17, 15) is 4.79 Å². The largest absolute Gasteiger partial charge is 0.462 e. The molecule has 0 unspecified atom stereocenters. The summed E-state index contributed by atoms with van der Waals surface area (Å²) in [5, 5.41) is 6.71. The van der Waals surface area contributed by atoms with Crippen LogP contribution in [0, 0.1) is 0 Å². The number of ether oxygens (including phenoxy) is 1. The van der Waals surface area contributed by atoms with Gasteiger partial charge in [-0.2, -0.15) is 4.98 Å². The molecule has 2 rings (SSSR count). The van der Waals surface area contributed by atoms with Gasteiger partial charge in [-0.25, -0.2) is 4.79 Å². The Morgan fingerprint density at radius 2 is 2.37 bits per heavy atom. The normalized spacial score (nSPS) is 10.2. The van der Waals surface area contributed by atoms with Gasteiger partial charge < -0.3 is 20.3 Å². The third-order valence-electron chi connectivity index (χ3n) is 2.38. The van der Waals surface area contributed by atoms with Gasteiger partial charge in [0.15, 0.2) is 5.82 Å². The lowest BCUT2D eigenvalue weighted by molar-refractivity contribution is 0.0527. The lowest BCUT2D eigenvalue weighted by Gasteiger charge is -2.10. The van der Waals surface area contributed by atoms with Gasteiger partial charge in [-0.1, -0.05) is 5.16 Å². The maximum absolute atomic E-state index is 11.8. The SMILES string of the molecule is CCOC(=O)c1cc(N)ccc1NCc1ncon1. The molecule has 0 saturated heterocycles. The number of benzene rings is 1. The van der Waals surface area contributed by atoms with E-state index in [1.54, 1.807) is 25.1 Å². The molecule has 2 aromatic rings. The molecular formula is C12H14N4O3. The molecule has 1 heterocycles. The number of anilines is 2. The van der Waals surface area contributed by atoms with Crippen molar-refractivity contribution >= 4 is 17.3 Å². The van der Waals surface area contributed by atoms with Gasteiger partial charge in [0, 0.05) is 11.4 Å². The van der Waals surface area contributed by atoms with Crippen molar-refractivity contribution in [3.63, 3.8) is 0 Å². The lowest BCUT2D eigenvalue weighted by atomic mass is 10.1. The van der Waals surface area contributed by atoms with E-state index in [2.05, 4.69) is 20.0 Å². The summed E-state index contributed by atoms with van der Waals surface area (Å²) in [6.45, 7) is 2.39. The maximum Gasteiger partial charge on any atom is 0.340 e. The number of aromatic nitrogens is 2. The summed E-state index contributed by atoms with van der Waals surface area (Å²) in [5.41, 5.74) is 7.16. The molecule has 1 aromatic carbocycles. The number of esters is 1. The monoisotopic (exact) mass is 262 g/mol. The van der Waals surface area contributed by atoms with Crippen LogP contribution in [0.2, 0.25) is 0 Å².